The van der Waals surface area contributed by atoms with Crippen LogP contribution in [-0.4, -0.2) is 8.42 Å². The van der Waals surface area contributed by atoms with Crippen LogP contribution in [0, 0.1) is 12.7 Å². The first-order valence-corrected chi connectivity index (χ1v) is 10.2. The summed E-state index contributed by atoms with van der Waals surface area (Å²) in [4.78, 5) is 13.0. The smallest absolute Gasteiger partial charge is 0.264 e. The molecular formula is C22H16FNO4S. The standard InChI is InChI=1S/C22H16FNO4S/c1-14-6-8-15(9-7-14)20-21(25)18-4-2-3-5-19(18)28-22(20)24-29(26,27)17-12-10-16(23)11-13-17/h2-13,24H,1H3. The van der Waals surface area contributed by atoms with E-state index in [1.165, 1.54) is 0 Å². The van der Waals surface area contributed by atoms with Crippen LogP contribution in [0.3, 0.4) is 0 Å². The van der Waals surface area contributed by atoms with E-state index in [-0.39, 0.29) is 27.4 Å². The highest BCUT2D eigenvalue weighted by molar-refractivity contribution is 7.92. The highest BCUT2D eigenvalue weighted by Gasteiger charge is 2.22. The van der Waals surface area contributed by atoms with Crippen molar-refractivity contribution in [1.29, 1.82) is 0 Å². The number of aryl methyl sites for hydroxylation is 1. The summed E-state index contributed by atoms with van der Waals surface area (Å²) in [5.41, 5.74) is 1.52. The SMILES string of the molecule is Cc1ccc(-c2c(NS(=O)(=O)c3ccc(F)cc3)oc3ccccc3c2=O)cc1. The molecular weight excluding hydrogens is 393 g/mol. The molecule has 0 radical (unpaired) electrons. The van der Waals surface area contributed by atoms with Crippen LogP contribution in [0.25, 0.3) is 22.1 Å². The second-order valence-corrected chi connectivity index (χ2v) is 8.24. The van der Waals surface area contributed by atoms with Crippen molar-refractivity contribution in [1.82, 2.24) is 0 Å². The number of fused-ring (bicyclic) bond motifs is 1. The van der Waals surface area contributed by atoms with Crippen LogP contribution >= 0.6 is 0 Å². The first-order valence-electron chi connectivity index (χ1n) is 8.76. The Bertz CT molecular complexity index is 1360. The van der Waals surface area contributed by atoms with E-state index in [1.807, 2.05) is 19.1 Å². The fourth-order valence-corrected chi connectivity index (χ4v) is 3.99. The van der Waals surface area contributed by atoms with Gasteiger partial charge in [0.05, 0.1) is 15.8 Å². The maximum atomic E-state index is 13.2. The Morgan fingerprint density at radius 2 is 1.55 bits per heavy atom. The third kappa shape index (κ3) is 3.64. The second kappa shape index (κ2) is 7.18. The summed E-state index contributed by atoms with van der Waals surface area (Å²) in [6.07, 6.45) is 0. The third-order valence-corrected chi connectivity index (χ3v) is 5.84. The number of hydrogen-bond acceptors (Lipinski definition) is 4. The average molecular weight is 409 g/mol. The van der Waals surface area contributed by atoms with Gasteiger partial charge in [-0.3, -0.25) is 4.79 Å². The van der Waals surface area contributed by atoms with E-state index in [0.717, 1.165) is 29.8 Å². The molecule has 0 unspecified atom stereocenters. The Morgan fingerprint density at radius 3 is 2.24 bits per heavy atom. The predicted molar refractivity (Wildman–Crippen MR) is 110 cm³/mol. The van der Waals surface area contributed by atoms with Crippen molar-refractivity contribution in [3.63, 3.8) is 0 Å². The summed E-state index contributed by atoms with van der Waals surface area (Å²) in [6, 6.07) is 18.1. The highest BCUT2D eigenvalue weighted by Crippen LogP contribution is 2.30. The number of nitrogens with one attached hydrogen (secondary N) is 1. The van der Waals surface area contributed by atoms with Gasteiger partial charge < -0.3 is 4.42 Å². The minimum Gasteiger partial charge on any atom is -0.439 e. The summed E-state index contributed by atoms with van der Waals surface area (Å²) in [5.74, 6) is -0.747. The molecule has 0 aliphatic carbocycles. The van der Waals surface area contributed by atoms with Gasteiger partial charge in [0.25, 0.3) is 10.0 Å². The Balaban J connectivity index is 1.93. The fraction of sp³-hybridized carbons (Fsp3) is 0.0455. The Labute approximate surface area is 166 Å². The number of hydrogen-bond donors (Lipinski definition) is 1. The van der Waals surface area contributed by atoms with Crippen LogP contribution in [0.15, 0.2) is 86.9 Å². The molecule has 0 fully saturated rings. The number of para-hydroxylation sites is 1. The van der Waals surface area contributed by atoms with E-state index in [2.05, 4.69) is 4.72 Å². The number of halogens is 1. The van der Waals surface area contributed by atoms with E-state index in [0.29, 0.717) is 10.9 Å². The van der Waals surface area contributed by atoms with Crippen molar-refractivity contribution in [3.8, 4) is 11.1 Å². The van der Waals surface area contributed by atoms with Crippen molar-refractivity contribution in [3.05, 3.63) is 94.4 Å². The van der Waals surface area contributed by atoms with E-state index < -0.39 is 15.8 Å². The first-order chi connectivity index (χ1) is 13.8. The molecule has 0 atom stereocenters. The fourth-order valence-electron chi connectivity index (χ4n) is 2.99. The van der Waals surface area contributed by atoms with Gasteiger partial charge in [-0.25, -0.2) is 17.5 Å². The van der Waals surface area contributed by atoms with E-state index in [9.17, 15) is 17.6 Å². The minimum absolute atomic E-state index is 0.106. The quantitative estimate of drug-likeness (QED) is 0.530. The topological polar surface area (TPSA) is 76.4 Å². The van der Waals surface area contributed by atoms with Gasteiger partial charge >= 0.3 is 0 Å². The van der Waals surface area contributed by atoms with Crippen LogP contribution in [-0.2, 0) is 10.0 Å². The normalized spacial score (nSPS) is 11.5. The second-order valence-electron chi connectivity index (χ2n) is 6.56. The van der Waals surface area contributed by atoms with E-state index in [4.69, 9.17) is 4.42 Å². The molecule has 0 bridgehead atoms. The number of rotatable bonds is 4. The monoisotopic (exact) mass is 409 g/mol. The maximum absolute atomic E-state index is 13.2. The van der Waals surface area contributed by atoms with Gasteiger partial charge in [-0.1, -0.05) is 42.0 Å². The van der Waals surface area contributed by atoms with Gasteiger partial charge in [-0.15, -0.1) is 0 Å². The zero-order valence-electron chi connectivity index (χ0n) is 15.3. The number of anilines is 1. The molecule has 0 spiro atoms. The Kier molecular flexibility index (Phi) is 4.68. The predicted octanol–water partition coefficient (Wildman–Crippen LogP) is 4.71. The minimum atomic E-state index is -4.10. The molecule has 7 heteroatoms. The molecule has 0 saturated carbocycles. The first kappa shape index (κ1) is 18.9. The van der Waals surface area contributed by atoms with Gasteiger partial charge in [0.2, 0.25) is 11.3 Å². The summed E-state index contributed by atoms with van der Waals surface area (Å²) >= 11 is 0. The number of benzene rings is 3. The molecule has 0 aliphatic heterocycles. The van der Waals surface area contributed by atoms with Gasteiger partial charge in [-0.2, -0.15) is 0 Å². The summed E-state index contributed by atoms with van der Waals surface area (Å²) in [5, 5.41) is 0.341. The van der Waals surface area contributed by atoms with Crippen molar-refractivity contribution < 1.29 is 17.2 Å². The summed E-state index contributed by atoms with van der Waals surface area (Å²) in [6.45, 7) is 1.91. The highest BCUT2D eigenvalue weighted by atomic mass is 32.2. The molecule has 1 N–H and O–H groups in total. The molecule has 5 nitrogen and oxygen atoms in total. The van der Waals surface area contributed by atoms with E-state index in [1.54, 1.807) is 36.4 Å². The molecule has 29 heavy (non-hydrogen) atoms. The summed E-state index contributed by atoms with van der Waals surface area (Å²) < 4.78 is 46.9. The van der Waals surface area contributed by atoms with Gasteiger partial charge in [0, 0.05) is 0 Å². The van der Waals surface area contributed by atoms with Crippen molar-refractivity contribution >= 4 is 26.9 Å². The largest absolute Gasteiger partial charge is 0.439 e. The van der Waals surface area contributed by atoms with E-state index >= 15 is 0 Å². The average Bonchev–Trinajstić information content (AvgIpc) is 2.69. The van der Waals surface area contributed by atoms with Gasteiger partial charge in [-0.05, 0) is 48.9 Å². The van der Waals surface area contributed by atoms with Crippen molar-refractivity contribution in [2.45, 2.75) is 11.8 Å². The van der Waals surface area contributed by atoms with Crippen LogP contribution < -0.4 is 10.2 Å². The molecule has 1 heterocycles. The lowest BCUT2D eigenvalue weighted by atomic mass is 10.0. The van der Waals surface area contributed by atoms with Crippen LogP contribution in [0.2, 0.25) is 0 Å². The molecule has 0 saturated heterocycles. The zero-order chi connectivity index (χ0) is 20.6. The lowest BCUT2D eigenvalue weighted by Gasteiger charge is -2.13. The molecule has 0 amide bonds. The molecule has 4 rings (SSSR count). The maximum Gasteiger partial charge on any atom is 0.264 e. The van der Waals surface area contributed by atoms with Crippen molar-refractivity contribution in [2.24, 2.45) is 0 Å². The van der Waals surface area contributed by atoms with Crippen LogP contribution in [0.4, 0.5) is 10.3 Å². The Morgan fingerprint density at radius 1 is 0.897 bits per heavy atom. The lowest BCUT2D eigenvalue weighted by molar-refractivity contribution is 0.591. The van der Waals surface area contributed by atoms with Gasteiger partial charge in [0.1, 0.15) is 11.4 Å². The summed E-state index contributed by atoms with van der Waals surface area (Å²) in [7, 11) is -4.10. The number of sulfonamides is 1. The zero-order valence-corrected chi connectivity index (χ0v) is 16.2. The molecule has 146 valence electrons. The lowest BCUT2D eigenvalue weighted by Crippen LogP contribution is -2.17. The van der Waals surface area contributed by atoms with Crippen LogP contribution in [0.5, 0.6) is 0 Å². The third-order valence-electron chi connectivity index (χ3n) is 4.49. The van der Waals surface area contributed by atoms with Crippen LogP contribution in [0.1, 0.15) is 5.56 Å². The molecule has 4 aromatic rings. The molecule has 1 aromatic heterocycles. The Hall–Kier alpha value is -3.45. The molecule has 3 aromatic carbocycles. The molecule has 0 aliphatic rings. The van der Waals surface area contributed by atoms with Gasteiger partial charge in [0.15, 0.2) is 0 Å². The van der Waals surface area contributed by atoms with Crippen molar-refractivity contribution in [2.75, 3.05) is 4.72 Å².